The molecule has 0 amide bonds. The van der Waals surface area contributed by atoms with Gasteiger partial charge >= 0.3 is 0 Å². The predicted molar refractivity (Wildman–Crippen MR) is 72.9 cm³/mol. The molecule has 1 N–H and O–H groups in total. The predicted octanol–water partition coefficient (Wildman–Crippen LogP) is 3.37. The Labute approximate surface area is 103 Å². The van der Waals surface area contributed by atoms with Gasteiger partial charge in [0.2, 0.25) is 0 Å². The lowest BCUT2D eigenvalue weighted by molar-refractivity contribution is 0.426. The second-order valence-electron chi connectivity index (χ2n) is 4.97. The highest BCUT2D eigenvalue weighted by Gasteiger charge is 2.05. The second kappa shape index (κ2) is 5.28. The van der Waals surface area contributed by atoms with E-state index in [1.54, 1.807) is 0 Å². The molecule has 0 bridgehead atoms. The van der Waals surface area contributed by atoms with Crippen molar-refractivity contribution in [2.45, 2.75) is 33.4 Å². The van der Waals surface area contributed by atoms with E-state index in [9.17, 15) is 0 Å². The maximum Gasteiger partial charge on any atom is 0.0346 e. The summed E-state index contributed by atoms with van der Waals surface area (Å²) < 4.78 is 0. The lowest BCUT2D eigenvalue weighted by Gasteiger charge is -2.17. The van der Waals surface area contributed by atoms with Gasteiger partial charge in [-0.15, -0.1) is 0 Å². The Hall–Kier alpha value is -1.41. The summed E-state index contributed by atoms with van der Waals surface area (Å²) in [5, 5.41) is 6.01. The normalized spacial score (nSPS) is 13.2. The number of nitrogens with one attached hydrogen (secondary N) is 1. The molecule has 1 atom stereocenters. The number of benzene rings is 1. The van der Waals surface area contributed by atoms with Crippen LogP contribution in [0.2, 0.25) is 0 Å². The van der Waals surface area contributed by atoms with E-state index < -0.39 is 0 Å². The first-order valence-electron chi connectivity index (χ1n) is 6.23. The number of nitrogens with zero attached hydrogens (tertiary/aromatic N) is 1. The highest BCUT2D eigenvalue weighted by Crippen LogP contribution is 2.14. The van der Waals surface area contributed by atoms with Gasteiger partial charge in [-0.3, -0.25) is 4.98 Å². The minimum absolute atomic E-state index is 0.545. The van der Waals surface area contributed by atoms with Crippen molar-refractivity contribution in [2.24, 2.45) is 5.92 Å². The molecule has 2 nitrogen and oxygen atoms in total. The topological polar surface area (TPSA) is 24.9 Å². The van der Waals surface area contributed by atoms with E-state index in [4.69, 9.17) is 0 Å². The summed E-state index contributed by atoms with van der Waals surface area (Å²) in [6, 6.07) is 9.15. The van der Waals surface area contributed by atoms with Gasteiger partial charge in [-0.2, -0.15) is 0 Å². The van der Waals surface area contributed by atoms with E-state index in [2.05, 4.69) is 55.3 Å². The van der Waals surface area contributed by atoms with E-state index in [0.717, 1.165) is 6.54 Å². The first-order chi connectivity index (χ1) is 8.16. The highest BCUT2D eigenvalue weighted by molar-refractivity contribution is 5.81. The van der Waals surface area contributed by atoms with Crippen molar-refractivity contribution >= 4 is 10.8 Å². The molecule has 1 aromatic heterocycles. The Morgan fingerprint density at radius 3 is 2.71 bits per heavy atom. The van der Waals surface area contributed by atoms with Gasteiger partial charge in [0.05, 0.1) is 0 Å². The first-order valence-corrected chi connectivity index (χ1v) is 6.23. The fraction of sp³-hybridized carbons (Fsp3) is 0.400. The van der Waals surface area contributed by atoms with Crippen molar-refractivity contribution in [3.05, 3.63) is 42.2 Å². The summed E-state index contributed by atoms with van der Waals surface area (Å²) in [4.78, 5) is 4.12. The molecule has 0 aliphatic carbocycles. The molecule has 0 aliphatic heterocycles. The van der Waals surface area contributed by atoms with E-state index in [0.29, 0.717) is 12.0 Å². The molecule has 0 saturated heterocycles. The van der Waals surface area contributed by atoms with Crippen LogP contribution in [0.25, 0.3) is 10.8 Å². The Kier molecular flexibility index (Phi) is 3.75. The Morgan fingerprint density at radius 1 is 1.12 bits per heavy atom. The molecule has 2 rings (SSSR count). The zero-order chi connectivity index (χ0) is 12.3. The third kappa shape index (κ3) is 3.04. The SMILES string of the molecule is CC(C)C(C)NCc1ccc2cnccc2c1. The largest absolute Gasteiger partial charge is 0.310 e. The molecule has 0 radical (unpaired) electrons. The summed E-state index contributed by atoms with van der Waals surface area (Å²) in [7, 11) is 0. The molecule has 2 heteroatoms. The van der Waals surface area contributed by atoms with Gasteiger partial charge in [-0.05, 0) is 35.9 Å². The molecule has 0 saturated carbocycles. The van der Waals surface area contributed by atoms with Crippen molar-refractivity contribution in [1.82, 2.24) is 10.3 Å². The van der Waals surface area contributed by atoms with Crippen LogP contribution in [0.5, 0.6) is 0 Å². The maximum absolute atomic E-state index is 4.12. The molecule has 1 heterocycles. The minimum Gasteiger partial charge on any atom is -0.310 e. The Morgan fingerprint density at radius 2 is 1.94 bits per heavy atom. The van der Waals surface area contributed by atoms with Crippen LogP contribution < -0.4 is 5.32 Å². The second-order valence-corrected chi connectivity index (χ2v) is 4.97. The summed E-state index contributed by atoms with van der Waals surface area (Å²) in [5.74, 6) is 0.666. The smallest absolute Gasteiger partial charge is 0.0346 e. The first kappa shape index (κ1) is 12.1. The lowest BCUT2D eigenvalue weighted by atomic mass is 10.1. The van der Waals surface area contributed by atoms with Gasteiger partial charge in [0.15, 0.2) is 0 Å². The van der Waals surface area contributed by atoms with Crippen molar-refractivity contribution in [3.63, 3.8) is 0 Å². The van der Waals surface area contributed by atoms with Crippen molar-refractivity contribution in [3.8, 4) is 0 Å². The van der Waals surface area contributed by atoms with Crippen molar-refractivity contribution < 1.29 is 0 Å². The average molecular weight is 228 g/mol. The zero-order valence-corrected chi connectivity index (χ0v) is 10.8. The van der Waals surface area contributed by atoms with Gasteiger partial charge in [-0.1, -0.05) is 26.0 Å². The van der Waals surface area contributed by atoms with E-state index in [-0.39, 0.29) is 0 Å². The van der Waals surface area contributed by atoms with Crippen LogP contribution in [0.4, 0.5) is 0 Å². The molecule has 17 heavy (non-hydrogen) atoms. The summed E-state index contributed by atoms with van der Waals surface area (Å²) in [6.45, 7) is 7.64. The third-order valence-electron chi connectivity index (χ3n) is 3.33. The van der Waals surface area contributed by atoms with Gasteiger partial charge in [0.25, 0.3) is 0 Å². The third-order valence-corrected chi connectivity index (χ3v) is 3.33. The van der Waals surface area contributed by atoms with E-state index in [1.165, 1.54) is 16.3 Å². The minimum atomic E-state index is 0.545. The molecule has 1 unspecified atom stereocenters. The maximum atomic E-state index is 4.12. The molecule has 2 aromatic rings. The van der Waals surface area contributed by atoms with Gasteiger partial charge < -0.3 is 5.32 Å². The number of hydrogen-bond donors (Lipinski definition) is 1. The quantitative estimate of drug-likeness (QED) is 0.868. The van der Waals surface area contributed by atoms with Crippen LogP contribution in [0.1, 0.15) is 26.3 Å². The van der Waals surface area contributed by atoms with Crippen LogP contribution in [0.3, 0.4) is 0 Å². The molecule has 0 fully saturated rings. The molecular formula is C15H20N2. The van der Waals surface area contributed by atoms with Crippen LogP contribution >= 0.6 is 0 Å². The molecule has 0 aliphatic rings. The molecule has 0 spiro atoms. The summed E-state index contributed by atoms with van der Waals surface area (Å²) >= 11 is 0. The summed E-state index contributed by atoms with van der Waals surface area (Å²) in [5.41, 5.74) is 1.33. The average Bonchev–Trinajstić information content (AvgIpc) is 2.35. The number of pyridine rings is 1. The Balaban J connectivity index is 2.09. The number of hydrogen-bond acceptors (Lipinski definition) is 2. The monoisotopic (exact) mass is 228 g/mol. The van der Waals surface area contributed by atoms with Crippen LogP contribution in [0.15, 0.2) is 36.7 Å². The fourth-order valence-corrected chi connectivity index (χ4v) is 1.76. The van der Waals surface area contributed by atoms with Gasteiger partial charge in [0, 0.05) is 30.4 Å². The van der Waals surface area contributed by atoms with Gasteiger partial charge in [0.1, 0.15) is 0 Å². The van der Waals surface area contributed by atoms with Crippen molar-refractivity contribution in [1.29, 1.82) is 0 Å². The standard InChI is InChI=1S/C15H20N2/c1-11(2)12(3)17-9-13-4-5-15-10-16-7-6-14(15)8-13/h4-8,10-12,17H,9H2,1-3H3. The van der Waals surface area contributed by atoms with Crippen molar-refractivity contribution in [2.75, 3.05) is 0 Å². The molecule has 1 aromatic carbocycles. The van der Waals surface area contributed by atoms with Crippen LogP contribution in [0, 0.1) is 5.92 Å². The van der Waals surface area contributed by atoms with Gasteiger partial charge in [-0.25, -0.2) is 0 Å². The highest BCUT2D eigenvalue weighted by atomic mass is 14.9. The summed E-state index contributed by atoms with van der Waals surface area (Å²) in [6.07, 6.45) is 3.75. The van der Waals surface area contributed by atoms with Crippen LogP contribution in [-0.2, 0) is 6.54 Å². The number of rotatable bonds is 4. The van der Waals surface area contributed by atoms with E-state index in [1.807, 2.05) is 12.4 Å². The number of aromatic nitrogens is 1. The fourth-order valence-electron chi connectivity index (χ4n) is 1.76. The van der Waals surface area contributed by atoms with Crippen LogP contribution in [-0.4, -0.2) is 11.0 Å². The molecular weight excluding hydrogens is 208 g/mol. The molecule has 90 valence electrons. The van der Waals surface area contributed by atoms with E-state index >= 15 is 0 Å². The Bertz CT molecular complexity index is 491. The zero-order valence-electron chi connectivity index (χ0n) is 10.8. The lowest BCUT2D eigenvalue weighted by Crippen LogP contribution is -2.30. The number of fused-ring (bicyclic) bond motifs is 1.